The van der Waals surface area contributed by atoms with Crippen molar-refractivity contribution >= 4 is 0 Å². The maximum absolute atomic E-state index is 13.6. The normalized spacial score (nSPS) is 21.6. The molecule has 0 aliphatic carbocycles. The minimum Gasteiger partial charge on any atom is -0.378 e. The first-order valence-electron chi connectivity index (χ1n) is 6.19. The van der Waals surface area contributed by atoms with E-state index in [1.165, 1.54) is 6.20 Å². The fraction of sp³-hybridized carbons (Fsp3) is 0.615. The quantitative estimate of drug-likeness (QED) is 0.855. The summed E-state index contributed by atoms with van der Waals surface area (Å²) in [5, 5.41) is 3.16. The number of rotatable bonds is 5. The summed E-state index contributed by atoms with van der Waals surface area (Å²) in [6.07, 6.45) is 7.42. The molecule has 2 atom stereocenters. The van der Waals surface area contributed by atoms with E-state index in [1.54, 1.807) is 12.3 Å². The Kier molecular flexibility index (Phi) is 4.45. The molecule has 94 valence electrons. The van der Waals surface area contributed by atoms with Crippen molar-refractivity contribution in [2.75, 3.05) is 13.7 Å². The molecule has 0 radical (unpaired) electrons. The molecule has 1 saturated heterocycles. The van der Waals surface area contributed by atoms with Crippen LogP contribution in [0.4, 0.5) is 4.39 Å². The molecule has 0 bridgehead atoms. The highest BCUT2D eigenvalue weighted by Crippen LogP contribution is 2.24. The third-order valence-corrected chi connectivity index (χ3v) is 3.33. The van der Waals surface area contributed by atoms with Gasteiger partial charge in [-0.2, -0.15) is 0 Å². The SMILES string of the molecule is CNC(CCC1CCCO1)c1ccncc1F. The summed E-state index contributed by atoms with van der Waals surface area (Å²) in [4.78, 5) is 3.77. The van der Waals surface area contributed by atoms with Gasteiger partial charge in [-0.15, -0.1) is 0 Å². The zero-order chi connectivity index (χ0) is 12.1. The molecule has 1 aromatic heterocycles. The number of halogens is 1. The molecule has 0 aromatic carbocycles. The minimum atomic E-state index is -0.237. The summed E-state index contributed by atoms with van der Waals surface area (Å²) in [5.41, 5.74) is 0.695. The van der Waals surface area contributed by atoms with E-state index in [-0.39, 0.29) is 11.9 Å². The zero-order valence-corrected chi connectivity index (χ0v) is 10.2. The Morgan fingerprint density at radius 1 is 1.65 bits per heavy atom. The zero-order valence-electron chi connectivity index (χ0n) is 10.2. The number of hydrogen-bond acceptors (Lipinski definition) is 3. The third-order valence-electron chi connectivity index (χ3n) is 3.33. The molecule has 1 aliphatic heterocycles. The van der Waals surface area contributed by atoms with Crippen LogP contribution in [0.5, 0.6) is 0 Å². The number of nitrogens with one attached hydrogen (secondary N) is 1. The van der Waals surface area contributed by atoms with Crippen molar-refractivity contribution in [2.24, 2.45) is 0 Å². The Hall–Kier alpha value is -1.00. The van der Waals surface area contributed by atoms with Gasteiger partial charge in [0.1, 0.15) is 5.82 Å². The van der Waals surface area contributed by atoms with E-state index in [0.29, 0.717) is 11.7 Å². The summed E-state index contributed by atoms with van der Waals surface area (Å²) < 4.78 is 19.2. The molecule has 0 spiro atoms. The highest BCUT2D eigenvalue weighted by atomic mass is 19.1. The number of ether oxygens (including phenoxy) is 1. The number of aromatic nitrogens is 1. The Morgan fingerprint density at radius 2 is 2.53 bits per heavy atom. The van der Waals surface area contributed by atoms with Crippen LogP contribution in [0.3, 0.4) is 0 Å². The predicted octanol–water partition coefficient (Wildman–Crippen LogP) is 2.44. The van der Waals surface area contributed by atoms with Gasteiger partial charge < -0.3 is 10.1 Å². The summed E-state index contributed by atoms with van der Waals surface area (Å²) >= 11 is 0. The molecule has 3 nitrogen and oxygen atoms in total. The molecule has 2 heterocycles. The van der Waals surface area contributed by atoms with Gasteiger partial charge in [0, 0.05) is 24.4 Å². The van der Waals surface area contributed by atoms with E-state index >= 15 is 0 Å². The first-order valence-corrected chi connectivity index (χ1v) is 6.19. The number of nitrogens with zero attached hydrogens (tertiary/aromatic N) is 1. The summed E-state index contributed by atoms with van der Waals surface area (Å²) in [6.45, 7) is 0.874. The van der Waals surface area contributed by atoms with Crippen molar-refractivity contribution in [3.63, 3.8) is 0 Å². The predicted molar refractivity (Wildman–Crippen MR) is 64.2 cm³/mol. The molecule has 2 unspecified atom stereocenters. The minimum absolute atomic E-state index is 0.0437. The average Bonchev–Trinajstić information content (AvgIpc) is 2.85. The fourth-order valence-electron chi connectivity index (χ4n) is 2.35. The Balaban J connectivity index is 1.94. The number of hydrogen-bond donors (Lipinski definition) is 1. The molecule has 4 heteroatoms. The van der Waals surface area contributed by atoms with E-state index in [1.807, 2.05) is 7.05 Å². The molecule has 2 rings (SSSR count). The second kappa shape index (κ2) is 6.07. The molecular weight excluding hydrogens is 219 g/mol. The van der Waals surface area contributed by atoms with E-state index in [9.17, 15) is 4.39 Å². The van der Waals surface area contributed by atoms with Crippen LogP contribution in [0.1, 0.15) is 37.3 Å². The first-order chi connectivity index (χ1) is 8.31. The van der Waals surface area contributed by atoms with Crippen LogP contribution >= 0.6 is 0 Å². The average molecular weight is 238 g/mol. The Bertz CT molecular complexity index is 353. The second-order valence-corrected chi connectivity index (χ2v) is 4.45. The maximum atomic E-state index is 13.6. The fourth-order valence-corrected chi connectivity index (χ4v) is 2.35. The molecule has 1 aliphatic rings. The Labute approximate surface area is 101 Å². The van der Waals surface area contributed by atoms with Crippen LogP contribution in [0.2, 0.25) is 0 Å². The van der Waals surface area contributed by atoms with Crippen LogP contribution in [0.15, 0.2) is 18.5 Å². The molecule has 1 aromatic rings. The van der Waals surface area contributed by atoms with Crippen molar-refractivity contribution in [3.8, 4) is 0 Å². The van der Waals surface area contributed by atoms with Gasteiger partial charge in [-0.1, -0.05) is 0 Å². The van der Waals surface area contributed by atoms with Crippen LogP contribution < -0.4 is 5.32 Å². The lowest BCUT2D eigenvalue weighted by atomic mass is 10.00. The largest absolute Gasteiger partial charge is 0.378 e. The van der Waals surface area contributed by atoms with Crippen molar-refractivity contribution in [1.29, 1.82) is 0 Å². The standard InChI is InChI=1S/C13H19FN2O/c1-15-13(5-4-10-3-2-8-17-10)11-6-7-16-9-12(11)14/h6-7,9-10,13,15H,2-5,8H2,1H3. The maximum Gasteiger partial charge on any atom is 0.146 e. The molecular formula is C13H19FN2O. The van der Waals surface area contributed by atoms with E-state index in [4.69, 9.17) is 4.74 Å². The van der Waals surface area contributed by atoms with Gasteiger partial charge in [-0.3, -0.25) is 4.98 Å². The van der Waals surface area contributed by atoms with E-state index in [2.05, 4.69) is 10.3 Å². The van der Waals surface area contributed by atoms with Gasteiger partial charge in [0.15, 0.2) is 0 Å². The highest BCUT2D eigenvalue weighted by Gasteiger charge is 2.19. The lowest BCUT2D eigenvalue weighted by Gasteiger charge is -2.18. The van der Waals surface area contributed by atoms with Crippen LogP contribution in [0.25, 0.3) is 0 Å². The van der Waals surface area contributed by atoms with Crippen LogP contribution in [-0.2, 0) is 4.74 Å². The lowest BCUT2D eigenvalue weighted by molar-refractivity contribution is 0.0997. The van der Waals surface area contributed by atoms with Gasteiger partial charge in [-0.05, 0) is 38.8 Å². The molecule has 1 N–H and O–H groups in total. The topological polar surface area (TPSA) is 34.1 Å². The monoisotopic (exact) mass is 238 g/mol. The smallest absolute Gasteiger partial charge is 0.146 e. The lowest BCUT2D eigenvalue weighted by Crippen LogP contribution is -2.20. The van der Waals surface area contributed by atoms with E-state index in [0.717, 1.165) is 32.3 Å². The summed E-state index contributed by atoms with van der Waals surface area (Å²) in [5.74, 6) is -0.237. The van der Waals surface area contributed by atoms with Crippen molar-refractivity contribution in [1.82, 2.24) is 10.3 Å². The molecule has 1 fully saturated rings. The highest BCUT2D eigenvalue weighted by molar-refractivity contribution is 5.17. The third kappa shape index (κ3) is 3.23. The van der Waals surface area contributed by atoms with Gasteiger partial charge in [0.25, 0.3) is 0 Å². The summed E-state index contributed by atoms with van der Waals surface area (Å²) in [6, 6.07) is 1.79. The van der Waals surface area contributed by atoms with Crippen LogP contribution in [0, 0.1) is 5.82 Å². The Morgan fingerprint density at radius 3 is 3.18 bits per heavy atom. The van der Waals surface area contributed by atoms with Crippen molar-refractivity contribution < 1.29 is 9.13 Å². The summed E-state index contributed by atoms with van der Waals surface area (Å²) in [7, 11) is 1.86. The van der Waals surface area contributed by atoms with Crippen molar-refractivity contribution in [2.45, 2.75) is 37.8 Å². The van der Waals surface area contributed by atoms with Crippen LogP contribution in [-0.4, -0.2) is 24.7 Å². The molecule has 17 heavy (non-hydrogen) atoms. The number of pyridine rings is 1. The first kappa shape index (κ1) is 12.5. The molecule has 0 saturated carbocycles. The van der Waals surface area contributed by atoms with Gasteiger partial charge >= 0.3 is 0 Å². The van der Waals surface area contributed by atoms with Crippen molar-refractivity contribution in [3.05, 3.63) is 29.8 Å². The second-order valence-electron chi connectivity index (χ2n) is 4.45. The van der Waals surface area contributed by atoms with Gasteiger partial charge in [-0.25, -0.2) is 4.39 Å². The van der Waals surface area contributed by atoms with Gasteiger partial charge in [0.2, 0.25) is 0 Å². The molecule has 0 amide bonds. The van der Waals surface area contributed by atoms with Gasteiger partial charge in [0.05, 0.1) is 12.3 Å². The van der Waals surface area contributed by atoms with E-state index < -0.39 is 0 Å².